The van der Waals surface area contributed by atoms with E-state index in [4.69, 9.17) is 0 Å². The summed E-state index contributed by atoms with van der Waals surface area (Å²) in [7, 11) is 0. The first-order valence-electron chi connectivity index (χ1n) is 5.00. The maximum Gasteiger partial charge on any atom is 0.101 e. The van der Waals surface area contributed by atoms with Crippen LogP contribution in [0.1, 0.15) is 22.4 Å². The van der Waals surface area contributed by atoms with E-state index in [9.17, 15) is 5.11 Å². The highest BCUT2D eigenvalue weighted by Gasteiger charge is 2.12. The van der Waals surface area contributed by atoms with E-state index in [1.54, 1.807) is 11.3 Å². The fourth-order valence-corrected chi connectivity index (χ4v) is 3.05. The van der Waals surface area contributed by atoms with Crippen molar-refractivity contribution in [3.63, 3.8) is 0 Å². The Morgan fingerprint density at radius 2 is 2.25 bits per heavy atom. The van der Waals surface area contributed by atoms with Crippen LogP contribution in [0, 0.1) is 6.92 Å². The van der Waals surface area contributed by atoms with Crippen LogP contribution in [0.5, 0.6) is 0 Å². The van der Waals surface area contributed by atoms with E-state index in [-0.39, 0.29) is 0 Å². The lowest BCUT2D eigenvalue weighted by atomic mass is 10.1. The second kappa shape index (κ2) is 5.08. The van der Waals surface area contributed by atoms with Gasteiger partial charge >= 0.3 is 0 Å². The molecule has 1 atom stereocenters. The molecule has 0 fully saturated rings. The van der Waals surface area contributed by atoms with E-state index in [1.807, 2.05) is 36.6 Å². The second-order valence-electron chi connectivity index (χ2n) is 3.62. The third kappa shape index (κ3) is 2.70. The molecule has 2 aromatic rings. The highest BCUT2D eigenvalue weighted by Crippen LogP contribution is 2.27. The van der Waals surface area contributed by atoms with Gasteiger partial charge in [0.05, 0.1) is 5.69 Å². The minimum absolute atomic E-state index is 0.533. The summed E-state index contributed by atoms with van der Waals surface area (Å²) in [6.45, 7) is 1.93. The number of aromatic nitrogens is 1. The Labute approximate surface area is 107 Å². The monoisotopic (exact) mass is 297 g/mol. The zero-order chi connectivity index (χ0) is 11.5. The number of rotatable bonds is 3. The van der Waals surface area contributed by atoms with Crippen molar-refractivity contribution >= 4 is 27.3 Å². The second-order valence-corrected chi connectivity index (χ2v) is 5.47. The van der Waals surface area contributed by atoms with Crippen molar-refractivity contribution in [2.75, 3.05) is 0 Å². The Balaban J connectivity index is 2.14. The zero-order valence-electron chi connectivity index (χ0n) is 8.85. The number of aliphatic hydroxyl groups excluding tert-OH is 1. The van der Waals surface area contributed by atoms with Gasteiger partial charge in [-0.3, -0.25) is 4.98 Å². The molecule has 2 nitrogen and oxygen atoms in total. The van der Waals surface area contributed by atoms with Crippen LogP contribution in [0.25, 0.3) is 0 Å². The van der Waals surface area contributed by atoms with Crippen molar-refractivity contribution in [3.05, 3.63) is 50.4 Å². The predicted octanol–water partition coefficient (Wildman–Crippen LogP) is 3.49. The first kappa shape index (κ1) is 11.8. The lowest BCUT2D eigenvalue weighted by molar-refractivity contribution is 0.174. The third-order valence-corrected chi connectivity index (χ3v) is 4.27. The van der Waals surface area contributed by atoms with Gasteiger partial charge in [0.25, 0.3) is 0 Å². The van der Waals surface area contributed by atoms with Gasteiger partial charge in [-0.05, 0) is 46.4 Å². The molecule has 0 aliphatic heterocycles. The highest BCUT2D eigenvalue weighted by molar-refractivity contribution is 9.10. The van der Waals surface area contributed by atoms with Crippen LogP contribution in [-0.2, 0) is 6.42 Å². The molecule has 0 saturated carbocycles. The number of halogens is 1. The van der Waals surface area contributed by atoms with Gasteiger partial charge in [0.15, 0.2) is 0 Å². The summed E-state index contributed by atoms with van der Waals surface area (Å²) in [6, 6.07) is 7.71. The van der Waals surface area contributed by atoms with E-state index in [0.29, 0.717) is 6.42 Å². The standard InChI is InChI=1S/C12H12BrNOS/c1-8-3-2-4-10(14-8)11(15)7-12-9(13)5-6-16-12/h2-6,11,15H,7H2,1H3. The van der Waals surface area contributed by atoms with Crippen molar-refractivity contribution in [1.29, 1.82) is 0 Å². The van der Waals surface area contributed by atoms with Gasteiger partial charge in [0, 0.05) is 21.5 Å². The molecule has 2 aromatic heterocycles. The summed E-state index contributed by atoms with van der Waals surface area (Å²) >= 11 is 5.10. The summed E-state index contributed by atoms with van der Waals surface area (Å²) in [4.78, 5) is 5.47. The van der Waals surface area contributed by atoms with E-state index in [2.05, 4.69) is 20.9 Å². The molecular formula is C12H12BrNOS. The molecule has 0 saturated heterocycles. The van der Waals surface area contributed by atoms with Crippen molar-refractivity contribution in [2.45, 2.75) is 19.4 Å². The van der Waals surface area contributed by atoms with E-state index in [0.717, 1.165) is 20.7 Å². The van der Waals surface area contributed by atoms with Gasteiger partial charge in [-0.15, -0.1) is 11.3 Å². The number of pyridine rings is 1. The van der Waals surface area contributed by atoms with Crippen LogP contribution in [0.2, 0.25) is 0 Å². The summed E-state index contributed by atoms with van der Waals surface area (Å²) in [5.41, 5.74) is 1.67. The molecule has 0 bridgehead atoms. The van der Waals surface area contributed by atoms with E-state index in [1.165, 1.54) is 0 Å². The van der Waals surface area contributed by atoms with Gasteiger partial charge in [-0.25, -0.2) is 0 Å². The molecule has 1 unspecified atom stereocenters. The molecule has 16 heavy (non-hydrogen) atoms. The number of aryl methyl sites for hydroxylation is 1. The average Bonchev–Trinajstić information content (AvgIpc) is 2.64. The van der Waals surface area contributed by atoms with Crippen LogP contribution in [0.4, 0.5) is 0 Å². The zero-order valence-corrected chi connectivity index (χ0v) is 11.3. The first-order chi connectivity index (χ1) is 7.66. The van der Waals surface area contributed by atoms with Crippen LogP contribution in [0.3, 0.4) is 0 Å². The number of thiophene rings is 1. The topological polar surface area (TPSA) is 33.1 Å². The molecule has 2 rings (SSSR count). The van der Waals surface area contributed by atoms with Crippen LogP contribution < -0.4 is 0 Å². The van der Waals surface area contributed by atoms with Gasteiger partial charge < -0.3 is 5.11 Å². The molecule has 0 radical (unpaired) electrons. The largest absolute Gasteiger partial charge is 0.386 e. The Morgan fingerprint density at radius 3 is 2.88 bits per heavy atom. The highest BCUT2D eigenvalue weighted by atomic mass is 79.9. The summed E-state index contributed by atoms with van der Waals surface area (Å²) < 4.78 is 1.06. The molecule has 0 spiro atoms. The minimum Gasteiger partial charge on any atom is -0.386 e. The summed E-state index contributed by atoms with van der Waals surface area (Å²) in [6.07, 6.45) is 0.0733. The Hall–Kier alpha value is -0.710. The quantitative estimate of drug-likeness (QED) is 0.941. The van der Waals surface area contributed by atoms with Crippen LogP contribution >= 0.6 is 27.3 Å². The molecule has 0 aliphatic rings. The first-order valence-corrected chi connectivity index (χ1v) is 6.67. The molecule has 0 aromatic carbocycles. The third-order valence-electron chi connectivity index (χ3n) is 2.32. The average molecular weight is 298 g/mol. The molecule has 84 valence electrons. The molecule has 0 aliphatic carbocycles. The summed E-state index contributed by atoms with van der Waals surface area (Å²) in [5, 5.41) is 12.1. The van der Waals surface area contributed by atoms with Crippen LogP contribution in [0.15, 0.2) is 34.1 Å². The lowest BCUT2D eigenvalue weighted by Gasteiger charge is -2.09. The summed E-state index contributed by atoms with van der Waals surface area (Å²) in [5.74, 6) is 0. The van der Waals surface area contributed by atoms with Crippen molar-refractivity contribution in [2.24, 2.45) is 0 Å². The van der Waals surface area contributed by atoms with Gasteiger partial charge in [0.1, 0.15) is 6.10 Å². The molecule has 4 heteroatoms. The van der Waals surface area contributed by atoms with Gasteiger partial charge in [0.2, 0.25) is 0 Å². The fourth-order valence-electron chi connectivity index (χ4n) is 1.50. The van der Waals surface area contributed by atoms with E-state index < -0.39 is 6.10 Å². The van der Waals surface area contributed by atoms with Gasteiger partial charge in [-0.1, -0.05) is 6.07 Å². The predicted molar refractivity (Wildman–Crippen MR) is 69.7 cm³/mol. The van der Waals surface area contributed by atoms with Crippen LogP contribution in [-0.4, -0.2) is 10.1 Å². The molecular weight excluding hydrogens is 286 g/mol. The van der Waals surface area contributed by atoms with Crippen molar-refractivity contribution in [3.8, 4) is 0 Å². The number of hydrogen-bond donors (Lipinski definition) is 1. The Bertz CT molecular complexity index is 483. The molecule has 0 amide bonds. The smallest absolute Gasteiger partial charge is 0.101 e. The normalized spacial score (nSPS) is 12.7. The number of hydrogen-bond acceptors (Lipinski definition) is 3. The minimum atomic E-state index is -0.533. The molecule has 2 heterocycles. The lowest BCUT2D eigenvalue weighted by Crippen LogP contribution is -2.04. The van der Waals surface area contributed by atoms with Crippen molar-refractivity contribution < 1.29 is 5.11 Å². The number of nitrogens with zero attached hydrogens (tertiary/aromatic N) is 1. The van der Waals surface area contributed by atoms with E-state index >= 15 is 0 Å². The Morgan fingerprint density at radius 1 is 1.44 bits per heavy atom. The Kier molecular flexibility index (Phi) is 3.74. The SMILES string of the molecule is Cc1cccc(C(O)Cc2sccc2Br)n1. The van der Waals surface area contributed by atoms with Gasteiger partial charge in [-0.2, -0.15) is 0 Å². The van der Waals surface area contributed by atoms with Crippen molar-refractivity contribution in [1.82, 2.24) is 4.98 Å². The maximum absolute atomic E-state index is 10.1. The maximum atomic E-state index is 10.1. The number of aliphatic hydroxyl groups is 1. The fraction of sp³-hybridized carbons (Fsp3) is 0.250. The molecule has 1 N–H and O–H groups in total.